The monoisotopic (exact) mass is 162 g/mol. The van der Waals surface area contributed by atoms with Crippen molar-refractivity contribution >= 4 is 12.0 Å². The first-order chi connectivity index (χ1) is 5.70. The number of benzene rings is 1. The van der Waals surface area contributed by atoms with Gasteiger partial charge in [-0.2, -0.15) is 0 Å². The number of aliphatic hydroxyl groups is 1. The van der Waals surface area contributed by atoms with E-state index in [1.807, 2.05) is 6.07 Å². The summed E-state index contributed by atoms with van der Waals surface area (Å²) in [6.07, 6.45) is 1.26. The Morgan fingerprint density at radius 2 is 1.92 bits per heavy atom. The molecule has 0 saturated heterocycles. The molecule has 0 bridgehead atoms. The molecule has 0 spiro atoms. The van der Waals surface area contributed by atoms with Crippen molar-refractivity contribution in [1.29, 1.82) is 0 Å². The average molecular weight is 162 g/mol. The summed E-state index contributed by atoms with van der Waals surface area (Å²) in [6, 6.07) is 8.87. The van der Waals surface area contributed by atoms with Crippen LogP contribution < -0.4 is 5.73 Å². The molecule has 61 valence electrons. The normalized spacial score (nSPS) is 11.2. The molecule has 1 rings (SSSR count). The minimum absolute atomic E-state index is 0.541. The van der Waals surface area contributed by atoms with Crippen LogP contribution in [0.2, 0.25) is 0 Å². The summed E-state index contributed by atoms with van der Waals surface area (Å²) < 4.78 is 0. The average Bonchev–Trinajstić information content (AvgIpc) is 2.06. The molecular weight excluding hydrogens is 154 g/mol. The van der Waals surface area contributed by atoms with Gasteiger partial charge in [0.1, 0.15) is 0 Å². The van der Waals surface area contributed by atoms with Crippen LogP contribution in [0.5, 0.6) is 0 Å². The molecule has 1 aromatic rings. The van der Waals surface area contributed by atoms with Gasteiger partial charge in [-0.05, 0) is 11.6 Å². The largest absolute Gasteiger partial charge is 0.503 e. The molecular formula is C9H8NO2. The highest BCUT2D eigenvalue weighted by Gasteiger charge is 2.00. The van der Waals surface area contributed by atoms with Crippen molar-refractivity contribution in [2.75, 3.05) is 0 Å². The van der Waals surface area contributed by atoms with Crippen LogP contribution in [0.25, 0.3) is 6.08 Å². The Morgan fingerprint density at radius 3 is 2.42 bits per heavy atom. The van der Waals surface area contributed by atoms with E-state index in [9.17, 15) is 4.79 Å². The standard InChI is InChI=1S/C9H8NO2/c10-9(12)8(11)6-7-4-2-1-3-5-7/h1-6,10-11H. The number of amides is 1. The fourth-order valence-electron chi connectivity index (χ4n) is 0.773. The Hall–Kier alpha value is -1.77. The molecule has 0 heterocycles. The fraction of sp³-hybridized carbons (Fsp3) is 0. The summed E-state index contributed by atoms with van der Waals surface area (Å²) in [6.45, 7) is 0. The molecule has 0 aliphatic rings. The second-order valence-electron chi connectivity index (χ2n) is 2.27. The van der Waals surface area contributed by atoms with Gasteiger partial charge in [-0.1, -0.05) is 30.3 Å². The lowest BCUT2D eigenvalue weighted by Gasteiger charge is -1.92. The van der Waals surface area contributed by atoms with Gasteiger partial charge in [0, 0.05) is 0 Å². The van der Waals surface area contributed by atoms with Crippen LogP contribution in [0.3, 0.4) is 0 Å². The van der Waals surface area contributed by atoms with Crippen molar-refractivity contribution < 1.29 is 9.90 Å². The van der Waals surface area contributed by atoms with Crippen molar-refractivity contribution in [3.63, 3.8) is 0 Å². The molecule has 1 aromatic carbocycles. The van der Waals surface area contributed by atoms with Gasteiger partial charge in [0.2, 0.25) is 0 Å². The zero-order valence-electron chi connectivity index (χ0n) is 6.32. The van der Waals surface area contributed by atoms with E-state index in [1.165, 1.54) is 6.08 Å². The van der Waals surface area contributed by atoms with Crippen LogP contribution in [0.1, 0.15) is 5.56 Å². The third kappa shape index (κ3) is 2.12. The number of aliphatic hydroxyl groups excluding tert-OH is 1. The van der Waals surface area contributed by atoms with Crippen LogP contribution in [0, 0.1) is 0 Å². The minimum atomic E-state index is -1.07. The lowest BCUT2D eigenvalue weighted by Crippen LogP contribution is -2.00. The maximum absolute atomic E-state index is 10.3. The maximum atomic E-state index is 10.3. The Labute approximate surface area is 70.1 Å². The lowest BCUT2D eigenvalue weighted by atomic mass is 10.2. The van der Waals surface area contributed by atoms with Crippen molar-refractivity contribution in [1.82, 2.24) is 5.73 Å². The summed E-state index contributed by atoms with van der Waals surface area (Å²) in [4.78, 5) is 10.3. The van der Waals surface area contributed by atoms with E-state index in [4.69, 9.17) is 10.8 Å². The number of hydrogen-bond donors (Lipinski definition) is 1. The first-order valence-electron chi connectivity index (χ1n) is 3.42. The second-order valence-corrected chi connectivity index (χ2v) is 2.27. The zero-order chi connectivity index (χ0) is 8.97. The lowest BCUT2D eigenvalue weighted by molar-refractivity contribution is -0.117. The van der Waals surface area contributed by atoms with E-state index in [-0.39, 0.29) is 0 Å². The highest BCUT2D eigenvalue weighted by molar-refractivity contribution is 5.93. The van der Waals surface area contributed by atoms with Gasteiger partial charge in [0.05, 0.1) is 0 Å². The van der Waals surface area contributed by atoms with Crippen LogP contribution >= 0.6 is 0 Å². The van der Waals surface area contributed by atoms with Crippen LogP contribution in [-0.2, 0) is 4.79 Å². The van der Waals surface area contributed by atoms with Gasteiger partial charge >= 0.3 is 5.91 Å². The molecule has 0 saturated carbocycles. The highest BCUT2D eigenvalue weighted by atomic mass is 16.3. The Bertz CT molecular complexity index is 304. The van der Waals surface area contributed by atoms with E-state index in [2.05, 4.69) is 0 Å². The van der Waals surface area contributed by atoms with Gasteiger partial charge < -0.3 is 5.11 Å². The van der Waals surface area contributed by atoms with Crippen molar-refractivity contribution in [2.24, 2.45) is 0 Å². The summed E-state index contributed by atoms with van der Waals surface area (Å²) >= 11 is 0. The summed E-state index contributed by atoms with van der Waals surface area (Å²) in [5, 5.41) is 8.90. The molecule has 1 amide bonds. The topological polar surface area (TPSA) is 61.1 Å². The molecule has 1 radical (unpaired) electrons. The first-order valence-corrected chi connectivity index (χ1v) is 3.42. The van der Waals surface area contributed by atoms with Gasteiger partial charge in [-0.3, -0.25) is 10.5 Å². The predicted molar refractivity (Wildman–Crippen MR) is 45.2 cm³/mol. The number of carbonyl (C=O) groups excluding carboxylic acids is 1. The summed E-state index contributed by atoms with van der Waals surface area (Å²) in [5.74, 6) is -1.61. The third-order valence-electron chi connectivity index (χ3n) is 1.34. The van der Waals surface area contributed by atoms with Crippen LogP contribution in [0.15, 0.2) is 36.1 Å². The molecule has 3 heteroatoms. The first kappa shape index (κ1) is 8.33. The molecule has 3 nitrogen and oxygen atoms in total. The molecule has 0 aliphatic heterocycles. The Balaban J connectivity index is 2.89. The van der Waals surface area contributed by atoms with E-state index >= 15 is 0 Å². The number of carbonyl (C=O) groups is 1. The van der Waals surface area contributed by atoms with E-state index < -0.39 is 11.7 Å². The van der Waals surface area contributed by atoms with Crippen molar-refractivity contribution in [3.8, 4) is 0 Å². The van der Waals surface area contributed by atoms with Gasteiger partial charge in [-0.25, -0.2) is 0 Å². The highest BCUT2D eigenvalue weighted by Crippen LogP contribution is 2.03. The SMILES string of the molecule is [NH]C(=O)C(O)=Cc1ccccc1. The molecule has 0 aliphatic carbocycles. The summed E-state index contributed by atoms with van der Waals surface area (Å²) in [5.41, 5.74) is 7.28. The van der Waals surface area contributed by atoms with Crippen LogP contribution in [0.4, 0.5) is 0 Å². The smallest absolute Gasteiger partial charge is 0.304 e. The quantitative estimate of drug-likeness (QED) is 0.527. The molecule has 0 atom stereocenters. The van der Waals surface area contributed by atoms with Gasteiger partial charge in [-0.15, -0.1) is 0 Å². The van der Waals surface area contributed by atoms with Crippen LogP contribution in [-0.4, -0.2) is 11.0 Å². The minimum Gasteiger partial charge on any atom is -0.503 e. The third-order valence-corrected chi connectivity index (χ3v) is 1.34. The maximum Gasteiger partial charge on any atom is 0.304 e. The summed E-state index contributed by atoms with van der Waals surface area (Å²) in [7, 11) is 0. The van der Waals surface area contributed by atoms with Crippen molar-refractivity contribution in [2.45, 2.75) is 0 Å². The van der Waals surface area contributed by atoms with Gasteiger partial charge in [0.25, 0.3) is 0 Å². The number of rotatable bonds is 2. The molecule has 2 N–H and O–H groups in total. The Morgan fingerprint density at radius 1 is 1.33 bits per heavy atom. The predicted octanol–water partition coefficient (Wildman–Crippen LogP) is 1.40. The van der Waals surface area contributed by atoms with E-state index in [1.54, 1.807) is 24.3 Å². The number of hydrogen-bond acceptors (Lipinski definition) is 2. The second kappa shape index (κ2) is 3.57. The van der Waals surface area contributed by atoms with Crippen molar-refractivity contribution in [3.05, 3.63) is 41.7 Å². The van der Waals surface area contributed by atoms with Gasteiger partial charge in [0.15, 0.2) is 5.76 Å². The molecule has 0 unspecified atom stereocenters. The Kier molecular flexibility index (Phi) is 2.48. The number of nitrogens with one attached hydrogen (secondary N) is 1. The molecule has 0 aromatic heterocycles. The van der Waals surface area contributed by atoms with E-state index in [0.29, 0.717) is 5.56 Å². The fourth-order valence-corrected chi connectivity index (χ4v) is 0.773. The molecule has 12 heavy (non-hydrogen) atoms. The zero-order valence-corrected chi connectivity index (χ0v) is 6.32. The van der Waals surface area contributed by atoms with E-state index in [0.717, 1.165) is 0 Å². The molecule has 0 fully saturated rings.